The van der Waals surface area contributed by atoms with Gasteiger partial charge in [0.2, 0.25) is 5.91 Å². The van der Waals surface area contributed by atoms with Gasteiger partial charge in [0, 0.05) is 31.0 Å². The van der Waals surface area contributed by atoms with Gasteiger partial charge in [-0.1, -0.05) is 60.7 Å². The summed E-state index contributed by atoms with van der Waals surface area (Å²) in [5.41, 5.74) is 3.01. The van der Waals surface area contributed by atoms with Gasteiger partial charge in [-0.05, 0) is 25.0 Å². The van der Waals surface area contributed by atoms with Crippen LogP contribution in [-0.4, -0.2) is 72.7 Å². The van der Waals surface area contributed by atoms with Crippen LogP contribution in [0.15, 0.2) is 78.0 Å². The second kappa shape index (κ2) is 13.1. The first kappa shape index (κ1) is 30.6. The Bertz CT molecular complexity index is 1610. The van der Waals surface area contributed by atoms with Crippen LogP contribution in [0.2, 0.25) is 0 Å². The molecular formula is C29H33N5O7S. The molecule has 0 aliphatic carbocycles. The Hall–Kier alpha value is -4.33. The van der Waals surface area contributed by atoms with Crippen molar-refractivity contribution in [2.75, 3.05) is 13.2 Å². The summed E-state index contributed by atoms with van der Waals surface area (Å²) in [7, 11) is -3.86. The van der Waals surface area contributed by atoms with Crippen molar-refractivity contribution in [2.45, 2.75) is 50.2 Å². The summed E-state index contributed by atoms with van der Waals surface area (Å²) in [6, 6.07) is 17.8. The molecule has 0 saturated heterocycles. The highest BCUT2D eigenvalue weighted by atomic mass is 32.2. The van der Waals surface area contributed by atoms with Gasteiger partial charge < -0.3 is 20.2 Å². The van der Waals surface area contributed by atoms with Gasteiger partial charge in [-0.15, -0.1) is 0 Å². The number of amides is 1. The Morgan fingerprint density at radius 3 is 1.93 bits per heavy atom. The number of aryl methyl sites for hydroxylation is 2. The minimum absolute atomic E-state index is 0.114. The van der Waals surface area contributed by atoms with Crippen molar-refractivity contribution in [1.29, 1.82) is 0 Å². The van der Waals surface area contributed by atoms with Crippen LogP contribution < -0.4 is 0 Å². The molecule has 4 aromatic rings. The van der Waals surface area contributed by atoms with E-state index in [9.17, 15) is 23.1 Å². The van der Waals surface area contributed by atoms with Gasteiger partial charge in [-0.3, -0.25) is 14.3 Å². The molecule has 0 radical (unpaired) electrons. The molecule has 0 bridgehead atoms. The number of carbonyl (C=O) groups is 2. The number of carboxylic acids is 1. The Morgan fingerprint density at radius 1 is 0.881 bits per heavy atom. The number of nitrogens with zero attached hydrogens (tertiary/aromatic N) is 5. The van der Waals surface area contributed by atoms with E-state index < -0.39 is 27.8 Å². The predicted octanol–water partition coefficient (Wildman–Crippen LogP) is 2.11. The first-order valence-electron chi connectivity index (χ1n) is 13.3. The van der Waals surface area contributed by atoms with Crippen LogP contribution in [0.3, 0.4) is 0 Å². The number of hydrogen-bond donors (Lipinski definition) is 3. The normalized spacial score (nSPS) is 14.0. The van der Waals surface area contributed by atoms with E-state index >= 15 is 0 Å². The number of fused-ring (bicyclic) bond motifs is 1. The lowest BCUT2D eigenvalue weighted by Gasteiger charge is -2.22. The van der Waals surface area contributed by atoms with E-state index in [1.807, 2.05) is 25.1 Å². The van der Waals surface area contributed by atoms with Crippen LogP contribution in [0.4, 0.5) is 0 Å². The summed E-state index contributed by atoms with van der Waals surface area (Å²) in [6.07, 6.45) is 2.95. The number of aromatic nitrogens is 4. The summed E-state index contributed by atoms with van der Waals surface area (Å²) < 4.78 is 28.5. The smallest absolute Gasteiger partial charge is 0.313 e. The number of aliphatic hydroxyl groups is 2. The minimum Gasteiger partial charge on any atom is -0.481 e. The largest absolute Gasteiger partial charge is 0.481 e. The molecule has 13 heteroatoms. The molecule has 222 valence electrons. The Balaban J connectivity index is 0.000000283. The molecule has 42 heavy (non-hydrogen) atoms. The summed E-state index contributed by atoms with van der Waals surface area (Å²) in [5.74, 6) is -2.67. The van der Waals surface area contributed by atoms with Gasteiger partial charge >= 0.3 is 5.97 Å². The van der Waals surface area contributed by atoms with Crippen LogP contribution in [0.1, 0.15) is 46.8 Å². The quantitative estimate of drug-likeness (QED) is 0.262. The van der Waals surface area contributed by atoms with Crippen molar-refractivity contribution >= 4 is 21.9 Å². The number of aliphatic carboxylic acids is 1. The molecule has 3 heterocycles. The zero-order chi connectivity index (χ0) is 30.4. The van der Waals surface area contributed by atoms with Gasteiger partial charge in [0.25, 0.3) is 10.0 Å². The average molecular weight is 596 g/mol. The maximum absolute atomic E-state index is 13.0. The van der Waals surface area contributed by atoms with E-state index in [0.717, 1.165) is 9.65 Å². The molecule has 0 spiro atoms. The zero-order valence-corrected chi connectivity index (χ0v) is 24.1. The molecule has 1 amide bonds. The lowest BCUT2D eigenvalue weighted by Crippen LogP contribution is -2.33. The van der Waals surface area contributed by atoms with E-state index in [1.165, 1.54) is 12.4 Å². The van der Waals surface area contributed by atoms with Crippen LogP contribution in [0, 0.1) is 6.92 Å². The van der Waals surface area contributed by atoms with Crippen LogP contribution >= 0.6 is 0 Å². The zero-order valence-electron chi connectivity index (χ0n) is 23.2. The van der Waals surface area contributed by atoms with E-state index in [4.69, 9.17) is 10.2 Å². The third-order valence-electron chi connectivity index (χ3n) is 6.98. The lowest BCUT2D eigenvalue weighted by atomic mass is 9.98. The fraction of sp³-hybridized carbons (Fsp3) is 0.310. The standard InChI is InChI=1S/C20H23N5O4S.C9H10O3/c1-3-24-12-19(14(2)21-24)30(28,29)25-10-16-9-23(11-18(16)22-25)20(27)17(13-26)15-7-5-4-6-8-15;10-6-8(9(11)12)7-4-2-1-3-5-7/h4-8,10,12,17,26H,3,9,11,13H2,1-2H3;1-5,8,10H,6H2,(H,11,12)/t17-;8-/m11/s1. The topological polar surface area (TPSA) is 168 Å². The van der Waals surface area contributed by atoms with E-state index in [-0.39, 0.29) is 37.1 Å². The third-order valence-corrected chi connectivity index (χ3v) is 8.62. The average Bonchev–Trinajstić information content (AvgIpc) is 3.69. The van der Waals surface area contributed by atoms with Crippen molar-refractivity contribution in [3.63, 3.8) is 0 Å². The second-order valence-corrected chi connectivity index (χ2v) is 11.5. The minimum atomic E-state index is -3.86. The van der Waals surface area contributed by atoms with Crippen molar-refractivity contribution in [3.8, 4) is 0 Å². The van der Waals surface area contributed by atoms with E-state index in [0.29, 0.717) is 29.1 Å². The summed E-state index contributed by atoms with van der Waals surface area (Å²) in [5, 5.41) is 35.6. The monoisotopic (exact) mass is 595 g/mol. The van der Waals surface area contributed by atoms with Crippen molar-refractivity contribution < 1.29 is 33.3 Å². The predicted molar refractivity (Wildman–Crippen MR) is 152 cm³/mol. The molecule has 2 aromatic heterocycles. The molecule has 5 rings (SSSR count). The summed E-state index contributed by atoms with van der Waals surface area (Å²) >= 11 is 0. The maximum atomic E-state index is 13.0. The first-order valence-corrected chi connectivity index (χ1v) is 14.7. The Morgan fingerprint density at radius 2 is 1.45 bits per heavy atom. The summed E-state index contributed by atoms with van der Waals surface area (Å²) in [4.78, 5) is 25.2. The number of carbonyl (C=O) groups excluding carboxylic acids is 1. The van der Waals surface area contributed by atoms with Gasteiger partial charge in [-0.2, -0.15) is 22.7 Å². The number of aliphatic hydroxyl groups excluding tert-OH is 2. The van der Waals surface area contributed by atoms with Gasteiger partial charge in [-0.25, -0.2) is 0 Å². The lowest BCUT2D eigenvalue weighted by molar-refractivity contribution is -0.139. The highest BCUT2D eigenvalue weighted by molar-refractivity contribution is 7.89. The number of hydrogen-bond acceptors (Lipinski definition) is 8. The molecular weight excluding hydrogens is 562 g/mol. The van der Waals surface area contributed by atoms with E-state index in [1.54, 1.807) is 59.0 Å². The van der Waals surface area contributed by atoms with Gasteiger partial charge in [0.15, 0.2) is 0 Å². The summed E-state index contributed by atoms with van der Waals surface area (Å²) in [6.45, 7) is 3.89. The molecule has 0 fully saturated rings. The molecule has 0 saturated carbocycles. The van der Waals surface area contributed by atoms with Crippen LogP contribution in [0.25, 0.3) is 0 Å². The van der Waals surface area contributed by atoms with Crippen LogP contribution in [-0.2, 0) is 39.2 Å². The van der Waals surface area contributed by atoms with Crippen molar-refractivity contribution in [3.05, 3.63) is 101 Å². The van der Waals surface area contributed by atoms with Crippen molar-refractivity contribution in [1.82, 2.24) is 23.9 Å². The Kier molecular flexibility index (Phi) is 9.55. The highest BCUT2D eigenvalue weighted by Crippen LogP contribution is 2.28. The second-order valence-electron chi connectivity index (χ2n) is 9.74. The number of benzene rings is 2. The molecule has 2 atom stereocenters. The fourth-order valence-corrected chi connectivity index (χ4v) is 6.01. The molecule has 3 N–H and O–H groups in total. The Labute approximate surface area is 243 Å². The highest BCUT2D eigenvalue weighted by Gasteiger charge is 2.33. The molecule has 12 nitrogen and oxygen atoms in total. The number of rotatable bonds is 9. The molecule has 0 unspecified atom stereocenters. The third kappa shape index (κ3) is 6.43. The molecule has 1 aliphatic rings. The van der Waals surface area contributed by atoms with Gasteiger partial charge in [0.05, 0.1) is 37.1 Å². The van der Waals surface area contributed by atoms with Crippen molar-refractivity contribution in [2.24, 2.45) is 0 Å². The fourth-order valence-electron chi connectivity index (χ4n) is 4.67. The molecule has 2 aromatic carbocycles. The number of carboxylic acid groups (broad SMARTS) is 1. The maximum Gasteiger partial charge on any atom is 0.313 e. The van der Waals surface area contributed by atoms with E-state index in [2.05, 4.69) is 10.2 Å². The SMILES string of the molecule is CCn1cc(S(=O)(=O)n2cc3c(n2)CN(C(=O)[C@H](CO)c2ccccc2)C3)c(C)n1.O=C(O)[C@H](CO)c1ccccc1. The van der Waals surface area contributed by atoms with Gasteiger partial charge in [0.1, 0.15) is 10.8 Å². The van der Waals surface area contributed by atoms with Crippen LogP contribution in [0.5, 0.6) is 0 Å². The first-order chi connectivity index (χ1) is 20.1. The molecule has 1 aliphatic heterocycles.